The topological polar surface area (TPSA) is 61.2 Å². The fourth-order valence-corrected chi connectivity index (χ4v) is 2.13. The molecule has 1 aliphatic rings. The molecule has 2 heterocycles. The van der Waals surface area contributed by atoms with Crippen LogP contribution in [0.25, 0.3) is 0 Å². The Bertz CT molecular complexity index is 337. The highest BCUT2D eigenvalue weighted by Gasteiger charge is 2.16. The first-order valence-corrected chi connectivity index (χ1v) is 6.54. The van der Waals surface area contributed by atoms with Gasteiger partial charge < -0.3 is 14.8 Å². The van der Waals surface area contributed by atoms with Crippen LogP contribution in [-0.2, 0) is 22.6 Å². The lowest BCUT2D eigenvalue weighted by atomic mass is 10.0. The van der Waals surface area contributed by atoms with Crippen LogP contribution in [0.4, 0.5) is 0 Å². The van der Waals surface area contributed by atoms with Gasteiger partial charge in [0.15, 0.2) is 0 Å². The molecule has 1 aliphatic heterocycles. The minimum atomic E-state index is 0.665. The monoisotopic (exact) mass is 254 g/mol. The van der Waals surface area contributed by atoms with Crippen LogP contribution in [0.3, 0.4) is 0 Å². The van der Waals surface area contributed by atoms with Crippen LogP contribution in [0.1, 0.15) is 18.7 Å². The molecule has 1 saturated heterocycles. The van der Waals surface area contributed by atoms with Crippen molar-refractivity contribution in [2.45, 2.75) is 25.9 Å². The van der Waals surface area contributed by atoms with Gasteiger partial charge in [0, 0.05) is 33.4 Å². The standard InChI is InChI=1S/C12H22N4O2/c1-17-7-4-13-8-12-14-10-15-16(12)9-11-2-5-18-6-3-11/h10-11,13H,2-9H2,1H3. The average Bonchev–Trinajstić information content (AvgIpc) is 2.83. The van der Waals surface area contributed by atoms with Gasteiger partial charge in [0.2, 0.25) is 0 Å². The lowest BCUT2D eigenvalue weighted by Crippen LogP contribution is -2.25. The van der Waals surface area contributed by atoms with Crippen molar-refractivity contribution >= 4 is 0 Å². The van der Waals surface area contributed by atoms with Crippen LogP contribution in [0.15, 0.2) is 6.33 Å². The van der Waals surface area contributed by atoms with E-state index in [1.807, 2.05) is 4.68 Å². The lowest BCUT2D eigenvalue weighted by molar-refractivity contribution is 0.0598. The quantitative estimate of drug-likeness (QED) is 0.715. The van der Waals surface area contributed by atoms with E-state index in [4.69, 9.17) is 9.47 Å². The van der Waals surface area contributed by atoms with Crippen LogP contribution in [0, 0.1) is 5.92 Å². The van der Waals surface area contributed by atoms with Gasteiger partial charge in [-0.15, -0.1) is 0 Å². The number of hydrogen-bond acceptors (Lipinski definition) is 5. The fraction of sp³-hybridized carbons (Fsp3) is 0.833. The second-order valence-corrected chi connectivity index (χ2v) is 4.58. The summed E-state index contributed by atoms with van der Waals surface area (Å²) in [6, 6.07) is 0. The van der Waals surface area contributed by atoms with Crippen LogP contribution in [0.5, 0.6) is 0 Å². The third-order valence-electron chi connectivity index (χ3n) is 3.23. The van der Waals surface area contributed by atoms with Gasteiger partial charge in [-0.25, -0.2) is 9.67 Å². The third-order valence-corrected chi connectivity index (χ3v) is 3.23. The van der Waals surface area contributed by atoms with E-state index in [1.54, 1.807) is 13.4 Å². The summed E-state index contributed by atoms with van der Waals surface area (Å²) in [6.07, 6.45) is 3.87. The first-order chi connectivity index (χ1) is 8.90. The molecule has 6 nitrogen and oxygen atoms in total. The Morgan fingerprint density at radius 3 is 3.11 bits per heavy atom. The van der Waals surface area contributed by atoms with E-state index < -0.39 is 0 Å². The predicted octanol–water partition coefficient (Wildman–Crippen LogP) is 0.441. The summed E-state index contributed by atoms with van der Waals surface area (Å²) in [5.74, 6) is 1.66. The molecule has 0 amide bonds. The molecule has 0 radical (unpaired) electrons. The molecular formula is C12H22N4O2. The smallest absolute Gasteiger partial charge is 0.140 e. The molecule has 0 unspecified atom stereocenters. The molecule has 0 aromatic carbocycles. The van der Waals surface area contributed by atoms with E-state index in [0.29, 0.717) is 12.5 Å². The Balaban J connectivity index is 1.79. The van der Waals surface area contributed by atoms with Gasteiger partial charge in [0.05, 0.1) is 13.2 Å². The highest BCUT2D eigenvalue weighted by Crippen LogP contribution is 2.16. The Hall–Kier alpha value is -0.980. The van der Waals surface area contributed by atoms with Gasteiger partial charge in [0.1, 0.15) is 12.2 Å². The van der Waals surface area contributed by atoms with Crippen LogP contribution in [-0.4, -0.2) is 48.2 Å². The average molecular weight is 254 g/mol. The highest BCUT2D eigenvalue weighted by atomic mass is 16.5. The summed E-state index contributed by atoms with van der Waals surface area (Å²) in [7, 11) is 1.70. The van der Waals surface area contributed by atoms with E-state index in [1.165, 1.54) is 0 Å². The molecule has 1 N–H and O–H groups in total. The molecule has 18 heavy (non-hydrogen) atoms. The lowest BCUT2D eigenvalue weighted by Gasteiger charge is -2.22. The molecule has 0 aliphatic carbocycles. The Morgan fingerprint density at radius 1 is 1.50 bits per heavy atom. The van der Waals surface area contributed by atoms with Crippen molar-refractivity contribution in [3.8, 4) is 0 Å². The molecule has 2 rings (SSSR count). The largest absolute Gasteiger partial charge is 0.383 e. The molecule has 1 aromatic rings. The summed E-state index contributed by atoms with van der Waals surface area (Å²) >= 11 is 0. The molecule has 1 fully saturated rings. The molecule has 0 atom stereocenters. The van der Waals surface area contributed by atoms with Crippen molar-refractivity contribution in [3.05, 3.63) is 12.2 Å². The maximum atomic E-state index is 5.37. The van der Waals surface area contributed by atoms with Crippen molar-refractivity contribution in [2.75, 3.05) is 33.5 Å². The summed E-state index contributed by atoms with van der Waals surface area (Å²) in [5, 5.41) is 7.60. The zero-order chi connectivity index (χ0) is 12.6. The van der Waals surface area contributed by atoms with Crippen LogP contribution in [0.2, 0.25) is 0 Å². The number of ether oxygens (including phenoxy) is 2. The molecular weight excluding hydrogens is 232 g/mol. The molecule has 0 spiro atoms. The van der Waals surface area contributed by atoms with Crippen molar-refractivity contribution < 1.29 is 9.47 Å². The first-order valence-electron chi connectivity index (χ1n) is 6.54. The number of rotatable bonds is 7. The highest BCUT2D eigenvalue weighted by molar-refractivity contribution is 4.84. The van der Waals surface area contributed by atoms with Gasteiger partial charge in [-0.3, -0.25) is 0 Å². The summed E-state index contributed by atoms with van der Waals surface area (Å²) in [6.45, 7) is 4.99. The van der Waals surface area contributed by atoms with Gasteiger partial charge in [-0.05, 0) is 18.8 Å². The minimum absolute atomic E-state index is 0.665. The van der Waals surface area contributed by atoms with E-state index in [0.717, 1.165) is 51.5 Å². The predicted molar refractivity (Wildman–Crippen MR) is 67.1 cm³/mol. The van der Waals surface area contributed by atoms with Crippen molar-refractivity contribution in [3.63, 3.8) is 0 Å². The Kier molecular flexibility index (Phi) is 5.57. The SMILES string of the molecule is COCCNCc1ncnn1CC1CCOCC1. The normalized spacial score (nSPS) is 17.2. The fourth-order valence-electron chi connectivity index (χ4n) is 2.13. The van der Waals surface area contributed by atoms with Crippen molar-refractivity contribution in [1.82, 2.24) is 20.1 Å². The van der Waals surface area contributed by atoms with E-state index in [-0.39, 0.29) is 0 Å². The zero-order valence-corrected chi connectivity index (χ0v) is 11.0. The summed E-state index contributed by atoms with van der Waals surface area (Å²) < 4.78 is 12.4. The number of nitrogens with one attached hydrogen (secondary N) is 1. The van der Waals surface area contributed by atoms with Gasteiger partial charge in [-0.1, -0.05) is 0 Å². The molecule has 1 aromatic heterocycles. The maximum absolute atomic E-state index is 5.37. The number of methoxy groups -OCH3 is 1. The number of aromatic nitrogens is 3. The first kappa shape index (κ1) is 13.5. The van der Waals surface area contributed by atoms with E-state index in [2.05, 4.69) is 15.4 Å². The molecule has 6 heteroatoms. The molecule has 0 saturated carbocycles. The van der Waals surface area contributed by atoms with Crippen molar-refractivity contribution in [1.29, 1.82) is 0 Å². The summed E-state index contributed by atoms with van der Waals surface area (Å²) in [4.78, 5) is 4.30. The van der Waals surface area contributed by atoms with E-state index >= 15 is 0 Å². The number of nitrogens with zero attached hydrogens (tertiary/aromatic N) is 3. The minimum Gasteiger partial charge on any atom is -0.383 e. The molecule has 0 bridgehead atoms. The van der Waals surface area contributed by atoms with E-state index in [9.17, 15) is 0 Å². The second-order valence-electron chi connectivity index (χ2n) is 4.58. The summed E-state index contributed by atoms with van der Waals surface area (Å²) in [5.41, 5.74) is 0. The Labute approximate surface area is 108 Å². The van der Waals surface area contributed by atoms with Gasteiger partial charge in [-0.2, -0.15) is 5.10 Å². The van der Waals surface area contributed by atoms with Gasteiger partial charge >= 0.3 is 0 Å². The molecule has 102 valence electrons. The number of hydrogen-bond donors (Lipinski definition) is 1. The van der Waals surface area contributed by atoms with Crippen molar-refractivity contribution in [2.24, 2.45) is 5.92 Å². The van der Waals surface area contributed by atoms with Crippen LogP contribution >= 0.6 is 0 Å². The van der Waals surface area contributed by atoms with Crippen LogP contribution < -0.4 is 5.32 Å². The van der Waals surface area contributed by atoms with Gasteiger partial charge in [0.25, 0.3) is 0 Å². The third kappa shape index (κ3) is 4.04. The maximum Gasteiger partial charge on any atom is 0.140 e. The second kappa shape index (κ2) is 7.45. The Morgan fingerprint density at radius 2 is 2.33 bits per heavy atom. The zero-order valence-electron chi connectivity index (χ0n) is 11.0.